The van der Waals surface area contributed by atoms with E-state index in [1.165, 1.54) is 22.3 Å². The Hall–Kier alpha value is -2.09. The topological polar surface area (TPSA) is 9.23 Å². The molecule has 138 valence electrons. The number of rotatable bonds is 5. The number of halogens is 1. The molecule has 0 radical (unpaired) electrons. The molecule has 2 aliphatic carbocycles. The number of hydrogen-bond donors (Lipinski definition) is 0. The van der Waals surface area contributed by atoms with E-state index in [9.17, 15) is 0 Å². The van der Waals surface area contributed by atoms with Gasteiger partial charge in [-0.1, -0.05) is 72.8 Å². The molecule has 0 atom stereocenters. The molecule has 2 aromatic rings. The number of hydrogen-bond acceptors (Lipinski definition) is 1. The molecule has 0 heterocycles. The minimum absolute atomic E-state index is 0.336. The van der Waals surface area contributed by atoms with Crippen LogP contribution in [0.5, 0.6) is 0 Å². The summed E-state index contributed by atoms with van der Waals surface area (Å²) in [5, 5.41) is 0.772. The first-order valence-corrected chi connectivity index (χ1v) is 9.92. The zero-order valence-electron chi connectivity index (χ0n) is 15.8. The van der Waals surface area contributed by atoms with Crippen LogP contribution in [0.25, 0.3) is 11.1 Å². The number of fused-ring (bicyclic) bond motifs is 1. The summed E-state index contributed by atoms with van der Waals surface area (Å²) in [6, 6.07) is 14.8. The second kappa shape index (κ2) is 7.50. The Balaban J connectivity index is 1.43. The molecule has 0 aromatic heterocycles. The van der Waals surface area contributed by atoms with Crippen LogP contribution in [0.2, 0.25) is 5.02 Å². The lowest BCUT2D eigenvalue weighted by molar-refractivity contribution is -0.0307. The van der Waals surface area contributed by atoms with Gasteiger partial charge in [0.05, 0.1) is 12.7 Å². The maximum Gasteiger partial charge on any atom is 0.0735 e. The van der Waals surface area contributed by atoms with Crippen molar-refractivity contribution in [1.82, 2.24) is 0 Å². The maximum absolute atomic E-state index is 6.57. The Morgan fingerprint density at radius 2 is 1.96 bits per heavy atom. The van der Waals surface area contributed by atoms with Gasteiger partial charge in [0.15, 0.2) is 0 Å². The van der Waals surface area contributed by atoms with Crippen LogP contribution in [0.15, 0.2) is 67.3 Å². The van der Waals surface area contributed by atoms with Crippen molar-refractivity contribution < 1.29 is 4.74 Å². The van der Waals surface area contributed by atoms with Crippen molar-refractivity contribution in [2.24, 2.45) is 5.92 Å². The Morgan fingerprint density at radius 1 is 1.19 bits per heavy atom. The van der Waals surface area contributed by atoms with Gasteiger partial charge in [-0.25, -0.2) is 0 Å². The average Bonchev–Trinajstić information content (AvgIpc) is 2.61. The van der Waals surface area contributed by atoms with Crippen molar-refractivity contribution in [3.05, 3.63) is 94.5 Å². The molecule has 0 aliphatic heterocycles. The summed E-state index contributed by atoms with van der Waals surface area (Å²) in [5.74, 6) is 0.627. The largest absolute Gasteiger partial charge is 0.373 e. The third-order valence-electron chi connectivity index (χ3n) is 5.78. The Labute approximate surface area is 167 Å². The summed E-state index contributed by atoms with van der Waals surface area (Å²) in [5.41, 5.74) is 8.36. The normalized spacial score (nSPS) is 21.3. The molecule has 0 bridgehead atoms. The fraction of sp³-hybridized carbons (Fsp3) is 0.280. The first-order valence-electron chi connectivity index (χ1n) is 9.55. The first kappa shape index (κ1) is 18.3. The van der Waals surface area contributed by atoms with Gasteiger partial charge in [-0.2, -0.15) is 0 Å². The van der Waals surface area contributed by atoms with Gasteiger partial charge >= 0.3 is 0 Å². The van der Waals surface area contributed by atoms with Crippen molar-refractivity contribution in [3.63, 3.8) is 0 Å². The Morgan fingerprint density at radius 3 is 2.70 bits per heavy atom. The first-order chi connectivity index (χ1) is 13.0. The van der Waals surface area contributed by atoms with Crippen molar-refractivity contribution in [1.29, 1.82) is 0 Å². The number of allylic oxidation sites excluding steroid dienone is 4. The Bertz CT molecular complexity index is 931. The molecule has 0 spiro atoms. The van der Waals surface area contributed by atoms with Crippen LogP contribution in [0.3, 0.4) is 0 Å². The van der Waals surface area contributed by atoms with E-state index in [1.54, 1.807) is 0 Å². The summed E-state index contributed by atoms with van der Waals surface area (Å²) in [6.07, 6.45) is 5.59. The van der Waals surface area contributed by atoms with E-state index in [1.807, 2.05) is 0 Å². The molecule has 1 saturated carbocycles. The van der Waals surface area contributed by atoms with Gasteiger partial charge in [-0.3, -0.25) is 0 Å². The maximum atomic E-state index is 6.57. The molecule has 1 fully saturated rings. The molecular weight excluding hydrogens is 352 g/mol. The van der Waals surface area contributed by atoms with E-state index in [2.05, 4.69) is 68.6 Å². The number of benzene rings is 2. The van der Waals surface area contributed by atoms with Crippen molar-refractivity contribution >= 4 is 22.7 Å². The van der Waals surface area contributed by atoms with Gasteiger partial charge < -0.3 is 4.74 Å². The third kappa shape index (κ3) is 3.81. The average molecular weight is 377 g/mol. The van der Waals surface area contributed by atoms with Crippen LogP contribution >= 0.6 is 11.6 Å². The molecule has 1 nitrogen and oxygen atoms in total. The van der Waals surface area contributed by atoms with E-state index in [0.29, 0.717) is 18.6 Å². The SMILES string of the molecule is C=C1C=C(c2ccc(COC3CC(C(=C)C)C3)c(Cl)c2)Cc2ccccc21. The minimum atomic E-state index is 0.336. The molecule has 2 aromatic carbocycles. The van der Waals surface area contributed by atoms with Crippen LogP contribution in [0.1, 0.15) is 42.0 Å². The highest BCUT2D eigenvalue weighted by molar-refractivity contribution is 6.31. The standard InChI is InChI=1S/C25H25ClO/c1-16(2)21-12-23(13-21)27-15-20-9-8-18(14-25(20)26)22-10-17(3)24-7-5-4-6-19(24)11-22/h4-10,14,21,23H,1,3,11-13,15H2,2H3. The van der Waals surface area contributed by atoms with Gasteiger partial charge in [0.2, 0.25) is 0 Å². The van der Waals surface area contributed by atoms with Gasteiger partial charge in [-0.15, -0.1) is 0 Å². The Kier molecular flexibility index (Phi) is 5.08. The van der Waals surface area contributed by atoms with Crippen LogP contribution in [0, 0.1) is 5.92 Å². The van der Waals surface area contributed by atoms with Gasteiger partial charge in [0.25, 0.3) is 0 Å². The van der Waals surface area contributed by atoms with E-state index >= 15 is 0 Å². The highest BCUT2D eigenvalue weighted by atomic mass is 35.5. The molecule has 2 aliphatic rings. The van der Waals surface area contributed by atoms with Gasteiger partial charge in [-0.05, 0) is 71.6 Å². The van der Waals surface area contributed by atoms with Crippen LogP contribution in [-0.4, -0.2) is 6.10 Å². The lowest BCUT2D eigenvalue weighted by atomic mass is 9.78. The summed E-state index contributed by atoms with van der Waals surface area (Å²) in [6.45, 7) is 10.9. The van der Waals surface area contributed by atoms with E-state index in [4.69, 9.17) is 16.3 Å². The van der Waals surface area contributed by atoms with Crippen LogP contribution in [-0.2, 0) is 17.8 Å². The fourth-order valence-electron chi connectivity index (χ4n) is 3.89. The monoisotopic (exact) mass is 376 g/mol. The zero-order chi connectivity index (χ0) is 19.0. The summed E-state index contributed by atoms with van der Waals surface area (Å²) >= 11 is 6.57. The van der Waals surface area contributed by atoms with Crippen LogP contribution in [0.4, 0.5) is 0 Å². The smallest absolute Gasteiger partial charge is 0.0735 e. The van der Waals surface area contributed by atoms with Crippen molar-refractivity contribution in [3.8, 4) is 0 Å². The van der Waals surface area contributed by atoms with Gasteiger partial charge in [0.1, 0.15) is 0 Å². The highest BCUT2D eigenvalue weighted by Crippen LogP contribution is 2.37. The van der Waals surface area contributed by atoms with E-state index in [0.717, 1.165) is 41.0 Å². The van der Waals surface area contributed by atoms with Gasteiger partial charge in [0, 0.05) is 5.02 Å². The zero-order valence-corrected chi connectivity index (χ0v) is 16.6. The number of ether oxygens (including phenoxy) is 1. The van der Waals surface area contributed by atoms with E-state index < -0.39 is 0 Å². The molecule has 2 heteroatoms. The predicted octanol–water partition coefficient (Wildman–Crippen LogP) is 6.86. The molecule has 4 rings (SSSR count). The summed E-state index contributed by atoms with van der Waals surface area (Å²) < 4.78 is 6.02. The predicted molar refractivity (Wildman–Crippen MR) is 115 cm³/mol. The second-order valence-electron chi connectivity index (χ2n) is 7.78. The molecule has 0 unspecified atom stereocenters. The molecule has 27 heavy (non-hydrogen) atoms. The fourth-order valence-corrected chi connectivity index (χ4v) is 4.13. The second-order valence-corrected chi connectivity index (χ2v) is 8.19. The quantitative estimate of drug-likeness (QED) is 0.517. The molecule has 0 saturated heterocycles. The molecule has 0 N–H and O–H groups in total. The summed E-state index contributed by atoms with van der Waals surface area (Å²) in [4.78, 5) is 0. The lowest BCUT2D eigenvalue weighted by Gasteiger charge is -2.35. The van der Waals surface area contributed by atoms with E-state index in [-0.39, 0.29) is 0 Å². The minimum Gasteiger partial charge on any atom is -0.373 e. The summed E-state index contributed by atoms with van der Waals surface area (Å²) in [7, 11) is 0. The third-order valence-corrected chi connectivity index (χ3v) is 6.13. The lowest BCUT2D eigenvalue weighted by Crippen LogP contribution is -2.31. The van der Waals surface area contributed by atoms with Crippen molar-refractivity contribution in [2.45, 2.75) is 38.9 Å². The molecular formula is C25H25ClO. The van der Waals surface area contributed by atoms with Crippen LogP contribution < -0.4 is 0 Å². The molecule has 0 amide bonds. The van der Waals surface area contributed by atoms with Crippen molar-refractivity contribution in [2.75, 3.05) is 0 Å². The highest BCUT2D eigenvalue weighted by Gasteiger charge is 2.30.